The number of hydrogen-bond donors (Lipinski definition) is 2. The Labute approximate surface area is 118 Å². The normalized spacial score (nSPS) is 10.2. The molecule has 1 aromatic carbocycles. The highest BCUT2D eigenvalue weighted by atomic mass is 32.1. The van der Waals surface area contributed by atoms with Crippen LogP contribution in [-0.4, -0.2) is 16.0 Å². The zero-order valence-corrected chi connectivity index (χ0v) is 11.4. The van der Waals surface area contributed by atoms with Crippen LogP contribution in [0.4, 0.5) is 11.4 Å². The average molecular weight is 292 g/mol. The number of nitro groups is 1. The molecule has 0 radical (unpaired) electrons. The minimum Gasteiger partial charge on any atom is -0.478 e. The van der Waals surface area contributed by atoms with Crippen LogP contribution >= 0.6 is 11.3 Å². The molecule has 0 amide bonds. The molecule has 104 valence electrons. The van der Waals surface area contributed by atoms with Gasteiger partial charge in [-0.3, -0.25) is 10.1 Å². The van der Waals surface area contributed by atoms with Crippen LogP contribution in [0.15, 0.2) is 30.3 Å². The molecule has 0 spiro atoms. The minimum atomic E-state index is -1.12. The molecule has 0 saturated carbocycles. The number of rotatable bonds is 5. The van der Waals surface area contributed by atoms with Gasteiger partial charge in [-0.25, -0.2) is 4.79 Å². The molecule has 0 aliphatic rings. The second kappa shape index (κ2) is 5.70. The quantitative estimate of drug-likeness (QED) is 0.651. The Hall–Kier alpha value is -2.41. The molecule has 0 unspecified atom stereocenters. The van der Waals surface area contributed by atoms with Crippen LogP contribution in [-0.2, 0) is 6.54 Å². The lowest BCUT2D eigenvalue weighted by Gasteiger charge is -2.07. The lowest BCUT2D eigenvalue weighted by Crippen LogP contribution is -2.04. The van der Waals surface area contributed by atoms with Crippen molar-refractivity contribution in [2.24, 2.45) is 0 Å². The molecule has 7 heteroatoms. The molecule has 2 N–H and O–H groups in total. The molecule has 1 aromatic heterocycles. The standard InChI is InChI=1S/C13H12N2O4S/c1-8-2-4-10(20-8)7-14-11-6-9(13(16)17)3-5-12(11)15(18)19/h2-6,14H,7H2,1H3,(H,16,17). The zero-order valence-electron chi connectivity index (χ0n) is 10.6. The van der Waals surface area contributed by atoms with Crippen LogP contribution in [0.2, 0.25) is 0 Å². The summed E-state index contributed by atoms with van der Waals surface area (Å²) in [5.74, 6) is -1.12. The molecule has 0 fully saturated rings. The summed E-state index contributed by atoms with van der Waals surface area (Å²) in [6, 6.07) is 7.59. The van der Waals surface area contributed by atoms with Crippen LogP contribution < -0.4 is 5.32 Å². The first-order chi connectivity index (χ1) is 9.47. The van der Waals surface area contributed by atoms with E-state index >= 15 is 0 Å². The van der Waals surface area contributed by atoms with Crippen molar-refractivity contribution in [2.75, 3.05) is 5.32 Å². The summed E-state index contributed by atoms with van der Waals surface area (Å²) in [5, 5.41) is 22.8. The van der Waals surface area contributed by atoms with Gasteiger partial charge >= 0.3 is 5.97 Å². The summed E-state index contributed by atoms with van der Waals surface area (Å²) in [7, 11) is 0. The summed E-state index contributed by atoms with van der Waals surface area (Å²) in [6.07, 6.45) is 0. The van der Waals surface area contributed by atoms with E-state index in [-0.39, 0.29) is 16.9 Å². The second-order valence-corrected chi connectivity index (χ2v) is 5.53. The monoisotopic (exact) mass is 292 g/mol. The fourth-order valence-electron chi connectivity index (χ4n) is 1.73. The highest BCUT2D eigenvalue weighted by Gasteiger charge is 2.16. The van der Waals surface area contributed by atoms with Crippen LogP contribution in [0, 0.1) is 17.0 Å². The summed E-state index contributed by atoms with van der Waals surface area (Å²) in [6.45, 7) is 2.39. The van der Waals surface area contributed by atoms with Crippen molar-refractivity contribution in [1.82, 2.24) is 0 Å². The highest BCUT2D eigenvalue weighted by Crippen LogP contribution is 2.27. The number of anilines is 1. The summed E-state index contributed by atoms with van der Waals surface area (Å²) in [5.41, 5.74) is 0.0877. The lowest BCUT2D eigenvalue weighted by atomic mass is 10.1. The van der Waals surface area contributed by atoms with Gasteiger partial charge in [-0.1, -0.05) is 0 Å². The summed E-state index contributed by atoms with van der Waals surface area (Å²) < 4.78 is 0. The molecule has 0 saturated heterocycles. The van der Waals surface area contributed by atoms with E-state index in [1.54, 1.807) is 11.3 Å². The van der Waals surface area contributed by atoms with Crippen molar-refractivity contribution in [1.29, 1.82) is 0 Å². The van der Waals surface area contributed by atoms with Crippen molar-refractivity contribution < 1.29 is 14.8 Å². The smallest absolute Gasteiger partial charge is 0.335 e. The number of nitrogens with zero attached hydrogens (tertiary/aromatic N) is 1. The first-order valence-electron chi connectivity index (χ1n) is 5.78. The van der Waals surface area contributed by atoms with E-state index in [4.69, 9.17) is 5.11 Å². The Morgan fingerprint density at radius 2 is 2.15 bits per heavy atom. The van der Waals surface area contributed by atoms with Crippen molar-refractivity contribution in [2.45, 2.75) is 13.5 Å². The largest absolute Gasteiger partial charge is 0.478 e. The first-order valence-corrected chi connectivity index (χ1v) is 6.60. The maximum absolute atomic E-state index is 10.9. The zero-order chi connectivity index (χ0) is 14.7. The number of aryl methyl sites for hydroxylation is 1. The highest BCUT2D eigenvalue weighted by molar-refractivity contribution is 7.11. The van der Waals surface area contributed by atoms with Crippen LogP contribution in [0.3, 0.4) is 0 Å². The molecular weight excluding hydrogens is 280 g/mol. The molecule has 20 heavy (non-hydrogen) atoms. The number of carboxylic acids is 1. The van der Waals surface area contributed by atoms with E-state index in [2.05, 4.69) is 5.32 Å². The predicted octanol–water partition coefficient (Wildman–Crippen LogP) is 3.28. The number of thiophene rings is 1. The third-order valence-electron chi connectivity index (χ3n) is 2.69. The van der Waals surface area contributed by atoms with Crippen molar-refractivity contribution >= 4 is 28.7 Å². The Balaban J connectivity index is 2.25. The van der Waals surface area contributed by atoms with Gasteiger partial charge in [0.15, 0.2) is 0 Å². The van der Waals surface area contributed by atoms with Gasteiger partial charge in [0, 0.05) is 22.4 Å². The van der Waals surface area contributed by atoms with E-state index in [1.807, 2.05) is 19.1 Å². The number of nitrogens with one attached hydrogen (secondary N) is 1. The number of carboxylic acid groups (broad SMARTS) is 1. The summed E-state index contributed by atoms with van der Waals surface area (Å²) >= 11 is 1.58. The molecule has 0 bridgehead atoms. The van der Waals surface area contributed by atoms with Gasteiger partial charge in [0.05, 0.1) is 10.5 Å². The van der Waals surface area contributed by atoms with Gasteiger partial charge in [0.2, 0.25) is 0 Å². The molecule has 2 aromatic rings. The molecule has 0 aliphatic heterocycles. The van der Waals surface area contributed by atoms with Gasteiger partial charge < -0.3 is 10.4 Å². The Bertz CT molecular complexity index is 666. The second-order valence-electron chi connectivity index (χ2n) is 4.16. The van der Waals surface area contributed by atoms with Gasteiger partial charge in [0.25, 0.3) is 5.69 Å². The SMILES string of the molecule is Cc1ccc(CNc2cc(C(=O)O)ccc2[N+](=O)[O-])s1. The summed E-state index contributed by atoms with van der Waals surface area (Å²) in [4.78, 5) is 23.5. The third kappa shape index (κ3) is 3.12. The van der Waals surface area contributed by atoms with Crippen molar-refractivity contribution in [3.05, 3.63) is 55.8 Å². The minimum absolute atomic E-state index is 0.0143. The maximum Gasteiger partial charge on any atom is 0.335 e. The molecule has 1 heterocycles. The van der Waals surface area contributed by atoms with E-state index in [0.29, 0.717) is 6.54 Å². The maximum atomic E-state index is 10.9. The first kappa shape index (κ1) is 14.0. The number of benzene rings is 1. The van der Waals surface area contributed by atoms with Crippen molar-refractivity contribution in [3.8, 4) is 0 Å². The van der Waals surface area contributed by atoms with E-state index in [9.17, 15) is 14.9 Å². The van der Waals surface area contributed by atoms with Crippen LogP contribution in [0.5, 0.6) is 0 Å². The number of aromatic carboxylic acids is 1. The lowest BCUT2D eigenvalue weighted by molar-refractivity contribution is -0.384. The Kier molecular flexibility index (Phi) is 3.99. The topological polar surface area (TPSA) is 92.5 Å². The number of carbonyl (C=O) groups is 1. The molecule has 6 nitrogen and oxygen atoms in total. The predicted molar refractivity (Wildman–Crippen MR) is 76.4 cm³/mol. The fraction of sp³-hybridized carbons (Fsp3) is 0.154. The van der Waals surface area contributed by atoms with Crippen LogP contribution in [0.25, 0.3) is 0 Å². The molecule has 0 atom stereocenters. The molecule has 2 rings (SSSR count). The number of hydrogen-bond acceptors (Lipinski definition) is 5. The van der Waals surface area contributed by atoms with Crippen molar-refractivity contribution in [3.63, 3.8) is 0 Å². The molecule has 0 aliphatic carbocycles. The van der Waals surface area contributed by atoms with Gasteiger partial charge in [0.1, 0.15) is 5.69 Å². The van der Waals surface area contributed by atoms with E-state index < -0.39 is 10.9 Å². The third-order valence-corrected chi connectivity index (χ3v) is 3.69. The van der Waals surface area contributed by atoms with Gasteiger partial charge in [-0.05, 0) is 31.2 Å². The van der Waals surface area contributed by atoms with Crippen LogP contribution in [0.1, 0.15) is 20.1 Å². The fourth-order valence-corrected chi connectivity index (χ4v) is 2.56. The molecular formula is C13H12N2O4S. The Morgan fingerprint density at radius 3 is 2.70 bits per heavy atom. The Morgan fingerprint density at radius 1 is 1.40 bits per heavy atom. The number of nitro benzene ring substituents is 1. The van der Waals surface area contributed by atoms with Gasteiger partial charge in [-0.2, -0.15) is 0 Å². The van der Waals surface area contributed by atoms with E-state index in [0.717, 1.165) is 9.75 Å². The van der Waals surface area contributed by atoms with E-state index in [1.165, 1.54) is 18.2 Å². The average Bonchev–Trinajstić information content (AvgIpc) is 2.81. The van der Waals surface area contributed by atoms with Gasteiger partial charge in [-0.15, -0.1) is 11.3 Å².